The number of aromatic nitrogens is 2. The molecule has 122 valence electrons. The molecular weight excluding hydrogens is 304 g/mol. The summed E-state index contributed by atoms with van der Waals surface area (Å²) in [6.07, 6.45) is 2.26. The highest BCUT2D eigenvalue weighted by Gasteiger charge is 2.13. The molecule has 2 aromatic carbocycles. The summed E-state index contributed by atoms with van der Waals surface area (Å²) in [6, 6.07) is 17.9. The van der Waals surface area contributed by atoms with Gasteiger partial charge in [0, 0.05) is 0 Å². The summed E-state index contributed by atoms with van der Waals surface area (Å²) < 4.78 is 11.6. The van der Waals surface area contributed by atoms with Gasteiger partial charge in [-0.2, -0.15) is 9.78 Å². The van der Waals surface area contributed by atoms with Crippen molar-refractivity contribution in [3.63, 3.8) is 0 Å². The summed E-state index contributed by atoms with van der Waals surface area (Å²) in [5, 5.41) is 4.18. The number of nitrogens with zero attached hydrogens (tertiary/aromatic N) is 2. The fourth-order valence-electron chi connectivity index (χ4n) is 2.57. The number of benzene rings is 2. The lowest BCUT2D eigenvalue weighted by molar-refractivity contribution is 0.344. The van der Waals surface area contributed by atoms with Gasteiger partial charge >= 0.3 is 5.56 Å². The first kappa shape index (κ1) is 15.8. The predicted octanol–water partition coefficient (Wildman–Crippen LogP) is 2.84. The molecule has 0 unspecified atom stereocenters. The molecule has 24 heavy (non-hydrogen) atoms. The Balaban J connectivity index is 1.99. The van der Waals surface area contributed by atoms with E-state index in [9.17, 15) is 4.79 Å². The summed E-state index contributed by atoms with van der Waals surface area (Å²) in [7, 11) is 2.92. The summed E-state index contributed by atoms with van der Waals surface area (Å²) in [5.74, 6) is 0.458. The molecule has 1 heterocycles. The molecule has 0 fully saturated rings. The molecule has 5 heteroatoms. The lowest BCUT2D eigenvalue weighted by atomic mass is 10.0. The lowest BCUT2D eigenvalue weighted by Crippen LogP contribution is -2.22. The number of rotatable bonds is 5. The van der Waals surface area contributed by atoms with Gasteiger partial charge in [-0.1, -0.05) is 42.5 Å². The normalized spacial score (nSPS) is 10.4. The van der Waals surface area contributed by atoms with Crippen molar-refractivity contribution in [2.24, 2.45) is 0 Å². The Labute approximate surface area is 140 Å². The maximum Gasteiger partial charge on any atom is 0.317 e. The first-order valence-electron chi connectivity index (χ1n) is 7.56. The van der Waals surface area contributed by atoms with Crippen molar-refractivity contribution >= 4 is 0 Å². The van der Waals surface area contributed by atoms with Crippen LogP contribution in [-0.2, 0) is 6.42 Å². The Morgan fingerprint density at radius 2 is 1.71 bits per heavy atom. The summed E-state index contributed by atoms with van der Waals surface area (Å²) in [5.41, 5.74) is 2.65. The van der Waals surface area contributed by atoms with E-state index in [1.165, 1.54) is 30.7 Å². The molecular formula is C19H18N2O3. The van der Waals surface area contributed by atoms with E-state index in [4.69, 9.17) is 9.47 Å². The first-order chi connectivity index (χ1) is 11.7. The quantitative estimate of drug-likeness (QED) is 0.725. The van der Waals surface area contributed by atoms with E-state index in [-0.39, 0.29) is 11.3 Å². The maximum absolute atomic E-state index is 12.5. The van der Waals surface area contributed by atoms with Crippen molar-refractivity contribution in [3.8, 4) is 17.2 Å². The smallest absolute Gasteiger partial charge is 0.317 e. The van der Waals surface area contributed by atoms with Crippen molar-refractivity contribution in [1.29, 1.82) is 0 Å². The van der Waals surface area contributed by atoms with Crippen LogP contribution in [0.3, 0.4) is 0 Å². The Kier molecular flexibility index (Phi) is 4.61. The van der Waals surface area contributed by atoms with Gasteiger partial charge in [-0.15, -0.1) is 0 Å². The van der Waals surface area contributed by atoms with Crippen molar-refractivity contribution in [2.45, 2.75) is 6.42 Å². The standard InChI is InChI=1S/C19H18N2O3/c1-23-17-13-20-21(19(22)18(17)24-2)16-10-6-9-15(12-16)11-14-7-4-3-5-8-14/h3-10,12-13H,11H2,1-2H3. The van der Waals surface area contributed by atoms with Gasteiger partial charge in [-0.3, -0.25) is 4.79 Å². The second-order valence-electron chi connectivity index (χ2n) is 5.30. The van der Waals surface area contributed by atoms with E-state index >= 15 is 0 Å². The van der Waals surface area contributed by atoms with Crippen LogP contribution >= 0.6 is 0 Å². The van der Waals surface area contributed by atoms with Crippen LogP contribution in [0.4, 0.5) is 0 Å². The number of ether oxygens (including phenoxy) is 2. The summed E-state index contributed by atoms with van der Waals surface area (Å²) in [6.45, 7) is 0. The molecule has 0 aliphatic carbocycles. The monoisotopic (exact) mass is 322 g/mol. The van der Waals surface area contributed by atoms with E-state index in [0.29, 0.717) is 11.4 Å². The molecule has 0 saturated carbocycles. The number of methoxy groups -OCH3 is 2. The molecule has 5 nitrogen and oxygen atoms in total. The van der Waals surface area contributed by atoms with Gasteiger partial charge in [-0.05, 0) is 29.7 Å². The molecule has 0 N–H and O–H groups in total. The molecule has 0 bridgehead atoms. The van der Waals surface area contributed by atoms with Crippen LogP contribution in [0.2, 0.25) is 0 Å². The Morgan fingerprint density at radius 3 is 2.42 bits per heavy atom. The van der Waals surface area contributed by atoms with Gasteiger partial charge in [0.25, 0.3) is 0 Å². The van der Waals surface area contributed by atoms with E-state index in [1.807, 2.05) is 42.5 Å². The maximum atomic E-state index is 12.5. The zero-order chi connectivity index (χ0) is 16.9. The zero-order valence-electron chi connectivity index (χ0n) is 13.6. The molecule has 3 rings (SSSR count). The van der Waals surface area contributed by atoms with Crippen molar-refractivity contribution in [3.05, 3.63) is 82.3 Å². The van der Waals surface area contributed by atoms with Gasteiger partial charge in [-0.25, -0.2) is 0 Å². The fraction of sp³-hybridized carbons (Fsp3) is 0.158. The molecule has 0 atom stereocenters. The zero-order valence-corrected chi connectivity index (χ0v) is 13.6. The van der Waals surface area contributed by atoms with Crippen LogP contribution in [-0.4, -0.2) is 24.0 Å². The minimum atomic E-state index is -0.353. The second kappa shape index (κ2) is 7.00. The highest BCUT2D eigenvalue weighted by Crippen LogP contribution is 2.21. The summed E-state index contributed by atoms with van der Waals surface area (Å²) in [4.78, 5) is 12.5. The van der Waals surface area contributed by atoms with Crippen LogP contribution in [0.5, 0.6) is 11.5 Å². The highest BCUT2D eigenvalue weighted by molar-refractivity contribution is 5.41. The molecule has 3 aromatic rings. The van der Waals surface area contributed by atoms with Gasteiger partial charge < -0.3 is 9.47 Å². The molecule has 0 amide bonds. The summed E-state index contributed by atoms with van der Waals surface area (Å²) >= 11 is 0. The van der Waals surface area contributed by atoms with Gasteiger partial charge in [0.1, 0.15) is 0 Å². The third-order valence-electron chi connectivity index (χ3n) is 3.73. The Morgan fingerprint density at radius 1 is 0.958 bits per heavy atom. The molecule has 0 aliphatic heterocycles. The van der Waals surface area contributed by atoms with Crippen molar-refractivity contribution < 1.29 is 9.47 Å². The van der Waals surface area contributed by atoms with Crippen LogP contribution in [0.1, 0.15) is 11.1 Å². The second-order valence-corrected chi connectivity index (χ2v) is 5.30. The van der Waals surface area contributed by atoms with Crippen molar-refractivity contribution in [2.75, 3.05) is 14.2 Å². The molecule has 0 aliphatic rings. The number of hydrogen-bond donors (Lipinski definition) is 0. The van der Waals surface area contributed by atoms with E-state index in [0.717, 1.165) is 12.0 Å². The van der Waals surface area contributed by atoms with Crippen LogP contribution in [0, 0.1) is 0 Å². The fourth-order valence-corrected chi connectivity index (χ4v) is 2.57. The third kappa shape index (κ3) is 3.15. The molecule has 1 aromatic heterocycles. The third-order valence-corrected chi connectivity index (χ3v) is 3.73. The van der Waals surface area contributed by atoms with E-state index < -0.39 is 0 Å². The van der Waals surface area contributed by atoms with Gasteiger partial charge in [0.2, 0.25) is 5.75 Å². The lowest BCUT2D eigenvalue weighted by Gasteiger charge is -2.11. The van der Waals surface area contributed by atoms with E-state index in [1.54, 1.807) is 0 Å². The predicted molar refractivity (Wildman–Crippen MR) is 92.2 cm³/mol. The first-order valence-corrected chi connectivity index (χ1v) is 7.56. The number of hydrogen-bond acceptors (Lipinski definition) is 4. The Hall–Kier alpha value is -3.08. The molecule has 0 radical (unpaired) electrons. The van der Waals surface area contributed by atoms with Gasteiger partial charge in [0.15, 0.2) is 5.75 Å². The Bertz CT molecular complexity index is 889. The largest absolute Gasteiger partial charge is 0.491 e. The average Bonchev–Trinajstić information content (AvgIpc) is 2.62. The van der Waals surface area contributed by atoms with Crippen molar-refractivity contribution in [1.82, 2.24) is 9.78 Å². The minimum absolute atomic E-state index is 0.140. The van der Waals surface area contributed by atoms with Crippen LogP contribution in [0.25, 0.3) is 5.69 Å². The van der Waals surface area contributed by atoms with Gasteiger partial charge in [0.05, 0.1) is 26.1 Å². The average molecular weight is 322 g/mol. The van der Waals surface area contributed by atoms with Crippen LogP contribution < -0.4 is 15.0 Å². The topological polar surface area (TPSA) is 53.4 Å². The highest BCUT2D eigenvalue weighted by atomic mass is 16.5. The minimum Gasteiger partial charge on any atom is -0.491 e. The molecule has 0 spiro atoms. The SMILES string of the molecule is COc1cnn(-c2cccc(Cc3ccccc3)c2)c(=O)c1OC. The van der Waals surface area contributed by atoms with Crippen LogP contribution in [0.15, 0.2) is 65.6 Å². The molecule has 0 saturated heterocycles. The van der Waals surface area contributed by atoms with E-state index in [2.05, 4.69) is 17.2 Å².